The van der Waals surface area contributed by atoms with Gasteiger partial charge in [0, 0.05) is 9.35 Å². The number of anilines is 2. The number of aromatic nitrogens is 1. The Kier molecular flexibility index (Phi) is 4.77. The van der Waals surface area contributed by atoms with Crippen LogP contribution >= 0.6 is 27.3 Å². The van der Waals surface area contributed by atoms with E-state index in [1.54, 1.807) is 6.92 Å². The van der Waals surface area contributed by atoms with Gasteiger partial charge in [0.15, 0.2) is 10.8 Å². The van der Waals surface area contributed by atoms with Gasteiger partial charge in [0.05, 0.1) is 12.3 Å². The number of hydrogen-bond donors (Lipinski definition) is 1. The van der Waals surface area contributed by atoms with Gasteiger partial charge in [0.1, 0.15) is 0 Å². The highest BCUT2D eigenvalue weighted by Crippen LogP contribution is 2.30. The largest absolute Gasteiger partial charge is 0.461 e. The van der Waals surface area contributed by atoms with Gasteiger partial charge in [0.2, 0.25) is 0 Å². The maximum Gasteiger partial charge on any atom is 0.358 e. The van der Waals surface area contributed by atoms with E-state index in [0.29, 0.717) is 17.4 Å². The number of nitrogens with one attached hydrogen (secondary N) is 1. The Bertz CT molecular complexity index is 640. The molecule has 1 heterocycles. The molecule has 0 saturated heterocycles. The molecule has 1 aromatic heterocycles. The third kappa shape index (κ3) is 3.37. The van der Waals surface area contributed by atoms with Gasteiger partial charge in [-0.1, -0.05) is 6.07 Å². The van der Waals surface area contributed by atoms with Gasteiger partial charge in [-0.3, -0.25) is 0 Å². The fraction of sp³-hybridized carbons (Fsp3) is 0.286. The quantitative estimate of drug-likeness (QED) is 0.824. The summed E-state index contributed by atoms with van der Waals surface area (Å²) in [6.45, 7) is 6.01. The van der Waals surface area contributed by atoms with Crippen LogP contribution in [0.5, 0.6) is 0 Å². The van der Waals surface area contributed by atoms with Gasteiger partial charge >= 0.3 is 5.97 Å². The summed E-state index contributed by atoms with van der Waals surface area (Å²) in [5.41, 5.74) is 2.45. The SMILES string of the molecule is CCOC(=O)c1nc(Nc2cc(C)ccc2Br)sc1C. The second kappa shape index (κ2) is 6.37. The molecule has 20 heavy (non-hydrogen) atoms. The maximum atomic E-state index is 11.7. The second-order valence-corrected chi connectivity index (χ2v) is 6.31. The van der Waals surface area contributed by atoms with Crippen LogP contribution in [0, 0.1) is 13.8 Å². The summed E-state index contributed by atoms with van der Waals surface area (Å²) >= 11 is 4.92. The lowest BCUT2D eigenvalue weighted by atomic mass is 10.2. The first-order chi connectivity index (χ1) is 9.51. The fourth-order valence-corrected chi connectivity index (χ4v) is 2.85. The Hall–Kier alpha value is -1.40. The van der Waals surface area contributed by atoms with Crippen LogP contribution in [0.25, 0.3) is 0 Å². The zero-order valence-electron chi connectivity index (χ0n) is 11.5. The predicted octanol–water partition coefficient (Wildman–Crippen LogP) is 4.44. The van der Waals surface area contributed by atoms with Gasteiger partial charge in [-0.05, 0) is 54.4 Å². The van der Waals surface area contributed by atoms with Crippen molar-refractivity contribution >= 4 is 44.1 Å². The van der Waals surface area contributed by atoms with Crippen molar-refractivity contribution in [2.24, 2.45) is 0 Å². The number of rotatable bonds is 4. The van der Waals surface area contributed by atoms with Gasteiger partial charge in [0.25, 0.3) is 0 Å². The smallest absolute Gasteiger partial charge is 0.358 e. The van der Waals surface area contributed by atoms with E-state index in [4.69, 9.17) is 4.74 Å². The van der Waals surface area contributed by atoms with E-state index < -0.39 is 0 Å². The Labute approximate surface area is 130 Å². The Morgan fingerprint density at radius 3 is 2.90 bits per heavy atom. The maximum absolute atomic E-state index is 11.7. The monoisotopic (exact) mass is 354 g/mol. The summed E-state index contributed by atoms with van der Waals surface area (Å²) in [5, 5.41) is 3.90. The van der Waals surface area contributed by atoms with Gasteiger partial charge < -0.3 is 10.1 Å². The van der Waals surface area contributed by atoms with Crippen LogP contribution in [0.3, 0.4) is 0 Å². The molecule has 0 atom stereocenters. The Morgan fingerprint density at radius 2 is 2.20 bits per heavy atom. The standard InChI is InChI=1S/C14H15BrN2O2S/c1-4-19-13(18)12-9(3)20-14(17-12)16-11-7-8(2)5-6-10(11)15/h5-7H,4H2,1-3H3,(H,16,17). The lowest BCUT2D eigenvalue weighted by molar-refractivity contribution is 0.0519. The van der Waals surface area contributed by atoms with E-state index in [2.05, 4.69) is 26.2 Å². The number of carbonyl (C=O) groups excluding carboxylic acids is 1. The number of aryl methyl sites for hydroxylation is 2. The third-order valence-electron chi connectivity index (χ3n) is 2.63. The first-order valence-electron chi connectivity index (χ1n) is 6.19. The van der Waals surface area contributed by atoms with Crippen molar-refractivity contribution in [3.63, 3.8) is 0 Å². The van der Waals surface area contributed by atoms with E-state index in [9.17, 15) is 4.79 Å². The molecule has 0 amide bonds. The number of esters is 1. The highest BCUT2D eigenvalue weighted by atomic mass is 79.9. The molecule has 0 unspecified atom stereocenters. The van der Waals surface area contributed by atoms with Crippen LogP contribution in [0.4, 0.5) is 10.8 Å². The number of ether oxygens (including phenoxy) is 1. The molecule has 0 spiro atoms. The minimum atomic E-state index is -0.377. The van der Waals surface area contributed by atoms with E-state index in [-0.39, 0.29) is 5.97 Å². The van der Waals surface area contributed by atoms with E-state index in [1.165, 1.54) is 11.3 Å². The molecule has 2 rings (SSSR count). The third-order valence-corrected chi connectivity index (χ3v) is 4.21. The summed E-state index contributed by atoms with van der Waals surface area (Å²) < 4.78 is 5.94. The summed E-state index contributed by atoms with van der Waals surface area (Å²) in [4.78, 5) is 16.9. The number of hydrogen-bond acceptors (Lipinski definition) is 5. The number of nitrogens with zero attached hydrogens (tertiary/aromatic N) is 1. The molecule has 2 aromatic rings. The minimum absolute atomic E-state index is 0.349. The number of benzene rings is 1. The van der Waals surface area contributed by atoms with Crippen molar-refractivity contribution in [2.75, 3.05) is 11.9 Å². The first-order valence-corrected chi connectivity index (χ1v) is 7.80. The average Bonchev–Trinajstić information content (AvgIpc) is 2.75. The molecule has 106 valence electrons. The molecule has 0 radical (unpaired) electrons. The average molecular weight is 355 g/mol. The van der Waals surface area contributed by atoms with E-state index in [1.807, 2.05) is 32.0 Å². The van der Waals surface area contributed by atoms with Crippen molar-refractivity contribution in [3.8, 4) is 0 Å². The fourth-order valence-electron chi connectivity index (χ4n) is 1.69. The lowest BCUT2D eigenvalue weighted by Gasteiger charge is -2.06. The molecule has 0 saturated carbocycles. The van der Waals surface area contributed by atoms with Crippen LogP contribution in [-0.2, 0) is 4.74 Å². The zero-order valence-corrected chi connectivity index (χ0v) is 13.9. The lowest BCUT2D eigenvalue weighted by Crippen LogP contribution is -2.06. The normalized spacial score (nSPS) is 10.4. The van der Waals surface area contributed by atoms with E-state index in [0.717, 1.165) is 20.6 Å². The van der Waals surface area contributed by atoms with Crippen LogP contribution in [-0.4, -0.2) is 17.6 Å². The number of thiazole rings is 1. The van der Waals surface area contributed by atoms with Crippen molar-refractivity contribution in [2.45, 2.75) is 20.8 Å². The highest BCUT2D eigenvalue weighted by Gasteiger charge is 2.16. The van der Waals surface area contributed by atoms with Crippen LogP contribution in [0.2, 0.25) is 0 Å². The van der Waals surface area contributed by atoms with Gasteiger partial charge in [-0.15, -0.1) is 11.3 Å². The zero-order chi connectivity index (χ0) is 14.7. The molecule has 0 bridgehead atoms. The molecule has 0 aliphatic rings. The number of halogens is 1. The highest BCUT2D eigenvalue weighted by molar-refractivity contribution is 9.10. The minimum Gasteiger partial charge on any atom is -0.461 e. The summed E-state index contributed by atoms with van der Waals surface area (Å²) in [6.07, 6.45) is 0. The van der Waals surface area contributed by atoms with Crippen molar-refractivity contribution in [1.82, 2.24) is 4.98 Å². The van der Waals surface area contributed by atoms with E-state index >= 15 is 0 Å². The summed E-state index contributed by atoms with van der Waals surface area (Å²) in [5.74, 6) is -0.377. The number of carbonyl (C=O) groups is 1. The summed E-state index contributed by atoms with van der Waals surface area (Å²) in [6, 6.07) is 6.02. The molecular formula is C14H15BrN2O2S. The molecule has 0 aliphatic heterocycles. The molecule has 0 aliphatic carbocycles. The molecule has 1 N–H and O–H groups in total. The van der Waals surface area contributed by atoms with Crippen LogP contribution in [0.1, 0.15) is 27.9 Å². The Morgan fingerprint density at radius 1 is 1.45 bits per heavy atom. The summed E-state index contributed by atoms with van der Waals surface area (Å²) in [7, 11) is 0. The molecule has 6 heteroatoms. The Balaban J connectivity index is 2.24. The molecule has 1 aromatic carbocycles. The van der Waals surface area contributed by atoms with Crippen LogP contribution < -0.4 is 5.32 Å². The van der Waals surface area contributed by atoms with Crippen LogP contribution in [0.15, 0.2) is 22.7 Å². The van der Waals surface area contributed by atoms with Crippen molar-refractivity contribution in [1.29, 1.82) is 0 Å². The van der Waals surface area contributed by atoms with Gasteiger partial charge in [-0.2, -0.15) is 0 Å². The topological polar surface area (TPSA) is 51.2 Å². The molecule has 0 fully saturated rings. The van der Waals surface area contributed by atoms with Gasteiger partial charge in [-0.25, -0.2) is 9.78 Å². The van der Waals surface area contributed by atoms with Crippen molar-refractivity contribution < 1.29 is 9.53 Å². The predicted molar refractivity (Wildman–Crippen MR) is 85.0 cm³/mol. The first kappa shape index (κ1) is 15.0. The molecule has 4 nitrogen and oxygen atoms in total. The molecular weight excluding hydrogens is 340 g/mol. The second-order valence-electron chi connectivity index (χ2n) is 4.25. The van der Waals surface area contributed by atoms with Crippen molar-refractivity contribution in [3.05, 3.63) is 38.8 Å².